The number of hydrogen-bond donors (Lipinski definition) is 2. The summed E-state index contributed by atoms with van der Waals surface area (Å²) in [4.78, 5) is 30.7. The number of hydrogen-bond acceptors (Lipinski definition) is 7. The third kappa shape index (κ3) is 5.58. The van der Waals surface area contributed by atoms with Crippen molar-refractivity contribution in [3.8, 4) is 17.2 Å². The molecule has 5 rings (SSSR count). The van der Waals surface area contributed by atoms with Crippen LogP contribution in [-0.4, -0.2) is 45.8 Å². The van der Waals surface area contributed by atoms with Crippen LogP contribution in [0.25, 0.3) is 17.2 Å². The predicted octanol–water partition coefficient (Wildman–Crippen LogP) is 3.60. The summed E-state index contributed by atoms with van der Waals surface area (Å²) >= 11 is 0. The Balaban J connectivity index is 1.23. The molecule has 5 aromatic rings. The van der Waals surface area contributed by atoms with Gasteiger partial charge in [-0.3, -0.25) is 14.9 Å². The summed E-state index contributed by atoms with van der Waals surface area (Å²) < 4.78 is 1.79. The van der Waals surface area contributed by atoms with E-state index in [-0.39, 0.29) is 5.91 Å². The first-order valence-corrected chi connectivity index (χ1v) is 11.9. The van der Waals surface area contributed by atoms with Gasteiger partial charge in [0.2, 0.25) is 0 Å². The number of pyridine rings is 2. The van der Waals surface area contributed by atoms with E-state index in [1.54, 1.807) is 23.1 Å². The average molecular weight is 494 g/mol. The van der Waals surface area contributed by atoms with Gasteiger partial charge in [0.05, 0.1) is 17.1 Å². The Morgan fingerprint density at radius 3 is 2.43 bits per heavy atom. The van der Waals surface area contributed by atoms with Crippen molar-refractivity contribution in [3.63, 3.8) is 0 Å². The molecular weight excluding hydrogens is 466 g/mol. The van der Waals surface area contributed by atoms with Crippen LogP contribution in [0.5, 0.6) is 0 Å². The van der Waals surface area contributed by atoms with Crippen LogP contribution in [0.15, 0.2) is 54.9 Å². The van der Waals surface area contributed by atoms with Crippen molar-refractivity contribution < 1.29 is 4.79 Å². The Labute approximate surface area is 214 Å². The van der Waals surface area contributed by atoms with Gasteiger partial charge in [-0.15, -0.1) is 0 Å². The summed E-state index contributed by atoms with van der Waals surface area (Å²) in [6.07, 6.45) is 3.96. The third-order valence-corrected chi connectivity index (χ3v) is 5.77. The molecule has 0 bridgehead atoms. The van der Waals surface area contributed by atoms with Crippen molar-refractivity contribution in [2.75, 3.05) is 0 Å². The van der Waals surface area contributed by atoms with Crippen LogP contribution in [0.1, 0.15) is 50.2 Å². The Morgan fingerprint density at radius 2 is 1.78 bits per heavy atom. The summed E-state index contributed by atoms with van der Waals surface area (Å²) in [6.45, 7) is 8.16. The predicted molar refractivity (Wildman–Crippen MR) is 138 cm³/mol. The van der Waals surface area contributed by atoms with Crippen molar-refractivity contribution in [2.45, 2.75) is 40.7 Å². The maximum absolute atomic E-state index is 12.7. The second kappa shape index (κ2) is 10.1. The van der Waals surface area contributed by atoms with Crippen LogP contribution in [0.3, 0.4) is 0 Å². The first-order valence-electron chi connectivity index (χ1n) is 11.9. The molecule has 0 saturated heterocycles. The van der Waals surface area contributed by atoms with E-state index < -0.39 is 0 Å². The summed E-state index contributed by atoms with van der Waals surface area (Å²) in [7, 11) is 0. The van der Waals surface area contributed by atoms with E-state index in [0.29, 0.717) is 24.5 Å². The Bertz CT molecular complexity index is 1550. The van der Waals surface area contributed by atoms with Gasteiger partial charge in [-0.25, -0.2) is 19.6 Å². The summed E-state index contributed by atoms with van der Waals surface area (Å²) in [5.41, 5.74) is 7.53. The Kier molecular flexibility index (Phi) is 6.55. The standard InChI is InChI=1S/C27H27N9O/c1-16-10-22(12-23-11-17(2)33-34-23)32-26(31-16)21-6-7-24(28-15-21)27(37)30-14-20-5-8-25(29-13-20)36-19(4)9-18(3)35-36/h5-11,13,15H,12,14H2,1-4H3,(H,30,37)(H,33,34). The van der Waals surface area contributed by atoms with Crippen LogP contribution >= 0.6 is 0 Å². The number of nitrogens with zero attached hydrogens (tertiary/aromatic N) is 7. The molecule has 0 fully saturated rings. The zero-order chi connectivity index (χ0) is 25.9. The number of aromatic nitrogens is 8. The summed E-state index contributed by atoms with van der Waals surface area (Å²) in [6, 6.07) is 13.2. The van der Waals surface area contributed by atoms with E-state index in [1.807, 2.05) is 64.1 Å². The number of carbonyl (C=O) groups excluding carboxylic acids is 1. The Morgan fingerprint density at radius 1 is 0.919 bits per heavy atom. The fourth-order valence-corrected chi connectivity index (χ4v) is 4.04. The minimum atomic E-state index is -0.270. The van der Waals surface area contributed by atoms with Crippen molar-refractivity contribution in [3.05, 3.63) is 100 Å². The van der Waals surface area contributed by atoms with Gasteiger partial charge in [-0.1, -0.05) is 6.07 Å². The monoisotopic (exact) mass is 493 g/mol. The van der Waals surface area contributed by atoms with Crippen LogP contribution in [0.2, 0.25) is 0 Å². The lowest BCUT2D eigenvalue weighted by Gasteiger charge is -2.08. The highest BCUT2D eigenvalue weighted by Crippen LogP contribution is 2.17. The van der Waals surface area contributed by atoms with Gasteiger partial charge in [-0.05, 0) is 69.7 Å². The molecule has 2 N–H and O–H groups in total. The number of aryl methyl sites for hydroxylation is 4. The van der Waals surface area contributed by atoms with Crippen molar-refractivity contribution >= 4 is 5.91 Å². The Hall–Kier alpha value is -4.73. The van der Waals surface area contributed by atoms with Gasteiger partial charge in [-0.2, -0.15) is 10.2 Å². The molecule has 186 valence electrons. The highest BCUT2D eigenvalue weighted by atomic mass is 16.1. The zero-order valence-corrected chi connectivity index (χ0v) is 21.1. The molecule has 0 saturated carbocycles. The molecular formula is C27H27N9O. The molecule has 0 spiro atoms. The highest BCUT2D eigenvalue weighted by Gasteiger charge is 2.12. The van der Waals surface area contributed by atoms with Crippen LogP contribution in [-0.2, 0) is 13.0 Å². The molecule has 5 heterocycles. The largest absolute Gasteiger partial charge is 0.347 e. The van der Waals surface area contributed by atoms with Gasteiger partial charge in [0.15, 0.2) is 11.6 Å². The number of rotatable bonds is 7. The van der Waals surface area contributed by atoms with E-state index in [9.17, 15) is 4.79 Å². The van der Waals surface area contributed by atoms with E-state index in [2.05, 4.69) is 40.5 Å². The molecule has 5 aromatic heterocycles. The van der Waals surface area contributed by atoms with Crippen molar-refractivity contribution in [1.82, 2.24) is 45.2 Å². The molecule has 37 heavy (non-hydrogen) atoms. The lowest BCUT2D eigenvalue weighted by molar-refractivity contribution is 0.0946. The molecule has 1 amide bonds. The normalized spacial score (nSPS) is 11.0. The number of aromatic amines is 1. The third-order valence-electron chi connectivity index (χ3n) is 5.77. The van der Waals surface area contributed by atoms with E-state index in [1.165, 1.54) is 0 Å². The first-order chi connectivity index (χ1) is 17.8. The van der Waals surface area contributed by atoms with Crippen LogP contribution < -0.4 is 5.32 Å². The molecule has 0 unspecified atom stereocenters. The quantitative estimate of drug-likeness (QED) is 0.355. The van der Waals surface area contributed by atoms with Crippen LogP contribution in [0, 0.1) is 27.7 Å². The first kappa shape index (κ1) is 24.0. The van der Waals surface area contributed by atoms with Gasteiger partial charge in [0.25, 0.3) is 5.91 Å². The number of amides is 1. The minimum absolute atomic E-state index is 0.270. The molecule has 0 aliphatic heterocycles. The van der Waals surface area contributed by atoms with Gasteiger partial charge < -0.3 is 5.32 Å². The van der Waals surface area contributed by atoms with Gasteiger partial charge >= 0.3 is 0 Å². The highest BCUT2D eigenvalue weighted by molar-refractivity contribution is 5.92. The smallest absolute Gasteiger partial charge is 0.270 e. The SMILES string of the molecule is Cc1cc(Cc2cc(C)[nH]n2)nc(-c2ccc(C(=O)NCc3ccc(-n4nc(C)cc4C)nc3)nc2)n1. The molecule has 0 atom stereocenters. The summed E-state index contributed by atoms with van der Waals surface area (Å²) in [5, 5.41) is 14.6. The van der Waals surface area contributed by atoms with E-state index >= 15 is 0 Å². The molecule has 0 aromatic carbocycles. The van der Waals surface area contributed by atoms with Gasteiger partial charge in [0.1, 0.15) is 5.69 Å². The topological polar surface area (TPSA) is 127 Å². The molecule has 10 nitrogen and oxygen atoms in total. The second-order valence-corrected chi connectivity index (χ2v) is 9.02. The molecule has 0 aliphatic carbocycles. The lowest BCUT2D eigenvalue weighted by atomic mass is 10.2. The van der Waals surface area contributed by atoms with Crippen LogP contribution in [0.4, 0.5) is 0 Å². The second-order valence-electron chi connectivity index (χ2n) is 9.02. The maximum atomic E-state index is 12.7. The van der Waals surface area contributed by atoms with Crippen molar-refractivity contribution in [1.29, 1.82) is 0 Å². The lowest BCUT2D eigenvalue weighted by Crippen LogP contribution is -2.23. The number of nitrogens with one attached hydrogen (secondary N) is 2. The summed E-state index contributed by atoms with van der Waals surface area (Å²) in [5.74, 6) is 1.03. The molecule has 0 aliphatic rings. The van der Waals surface area contributed by atoms with Crippen molar-refractivity contribution in [2.24, 2.45) is 0 Å². The van der Waals surface area contributed by atoms with E-state index in [4.69, 9.17) is 0 Å². The minimum Gasteiger partial charge on any atom is -0.347 e. The van der Waals surface area contributed by atoms with Gasteiger partial charge in [0, 0.05) is 48.0 Å². The van der Waals surface area contributed by atoms with E-state index in [0.717, 1.165) is 51.1 Å². The maximum Gasteiger partial charge on any atom is 0.270 e. The fourth-order valence-electron chi connectivity index (χ4n) is 4.04. The molecule has 0 radical (unpaired) electrons. The molecule has 10 heteroatoms. The fraction of sp³-hybridized carbons (Fsp3) is 0.222. The zero-order valence-electron chi connectivity index (χ0n) is 21.1. The number of H-pyrrole nitrogens is 1. The average Bonchev–Trinajstić information content (AvgIpc) is 3.45. The number of carbonyl (C=O) groups is 1.